The van der Waals surface area contributed by atoms with Crippen LogP contribution in [-0.2, 0) is 23.5 Å². The summed E-state index contributed by atoms with van der Waals surface area (Å²) >= 11 is 3.09. The van der Waals surface area contributed by atoms with Gasteiger partial charge in [-0.1, -0.05) is 30.8 Å². The van der Waals surface area contributed by atoms with Crippen LogP contribution in [-0.4, -0.2) is 25.7 Å². The van der Waals surface area contributed by atoms with Crippen molar-refractivity contribution in [1.29, 1.82) is 0 Å². The van der Waals surface area contributed by atoms with E-state index < -0.39 is 0 Å². The quantitative estimate of drug-likeness (QED) is 0.283. The number of hydrogen-bond acceptors (Lipinski definition) is 7. The third-order valence-electron chi connectivity index (χ3n) is 5.58. The SMILES string of the molecule is CCc1ccc(N(C(C)=O)c2nc(CSc3nnc(C4CC4)n3Cc3ccco3)cs2)cc1. The van der Waals surface area contributed by atoms with Crippen LogP contribution in [0.15, 0.2) is 57.6 Å². The van der Waals surface area contributed by atoms with Crippen molar-refractivity contribution in [2.24, 2.45) is 0 Å². The normalized spacial score (nSPS) is 13.4. The van der Waals surface area contributed by atoms with Crippen LogP contribution in [0.5, 0.6) is 0 Å². The lowest BCUT2D eigenvalue weighted by molar-refractivity contribution is -0.115. The highest BCUT2D eigenvalue weighted by molar-refractivity contribution is 7.98. The van der Waals surface area contributed by atoms with Gasteiger partial charge < -0.3 is 4.42 Å². The van der Waals surface area contributed by atoms with Crippen LogP contribution < -0.4 is 4.90 Å². The van der Waals surface area contributed by atoms with Crippen molar-refractivity contribution in [1.82, 2.24) is 19.7 Å². The third kappa shape index (κ3) is 4.89. The number of thioether (sulfide) groups is 1. The topological polar surface area (TPSA) is 77.1 Å². The first-order chi connectivity index (χ1) is 16.1. The number of amides is 1. The molecule has 0 radical (unpaired) electrons. The van der Waals surface area contributed by atoms with Crippen LogP contribution in [0.1, 0.15) is 55.4 Å². The lowest BCUT2D eigenvalue weighted by atomic mass is 10.1. The number of rotatable bonds is 9. The first-order valence-electron chi connectivity index (χ1n) is 11.0. The average Bonchev–Trinajstić information content (AvgIpc) is 3.18. The smallest absolute Gasteiger partial charge is 0.230 e. The van der Waals surface area contributed by atoms with Gasteiger partial charge in [-0.3, -0.25) is 14.3 Å². The highest BCUT2D eigenvalue weighted by atomic mass is 32.2. The minimum absolute atomic E-state index is 0.0555. The maximum absolute atomic E-state index is 12.4. The number of carbonyl (C=O) groups is 1. The molecule has 0 atom stereocenters. The molecule has 3 aromatic heterocycles. The van der Waals surface area contributed by atoms with Crippen LogP contribution in [0.2, 0.25) is 0 Å². The molecule has 1 fully saturated rings. The standard InChI is InChI=1S/C24H25N5O2S2/c1-3-17-6-10-20(11-7-17)29(16(2)30)23-25-19(14-32-23)15-33-24-27-26-22(18-8-9-18)28(24)13-21-5-4-12-31-21/h4-7,10-12,14,18H,3,8-9,13,15H2,1-2H3. The largest absolute Gasteiger partial charge is 0.467 e. The molecule has 0 spiro atoms. The molecule has 4 aromatic rings. The monoisotopic (exact) mass is 479 g/mol. The highest BCUT2D eigenvalue weighted by Gasteiger charge is 2.30. The van der Waals surface area contributed by atoms with Gasteiger partial charge in [0.05, 0.1) is 24.2 Å². The molecule has 0 unspecified atom stereocenters. The average molecular weight is 480 g/mol. The zero-order valence-corrected chi connectivity index (χ0v) is 20.2. The predicted molar refractivity (Wildman–Crippen MR) is 130 cm³/mol. The van der Waals surface area contributed by atoms with E-state index >= 15 is 0 Å². The van der Waals surface area contributed by atoms with Gasteiger partial charge in [-0.2, -0.15) is 0 Å². The summed E-state index contributed by atoms with van der Waals surface area (Å²) in [7, 11) is 0. The van der Waals surface area contributed by atoms with E-state index in [1.807, 2.05) is 29.6 Å². The maximum Gasteiger partial charge on any atom is 0.230 e. The summed E-state index contributed by atoms with van der Waals surface area (Å²) in [6.45, 7) is 4.31. The van der Waals surface area contributed by atoms with Crippen LogP contribution in [0.3, 0.4) is 0 Å². The number of carbonyl (C=O) groups excluding carboxylic acids is 1. The maximum atomic E-state index is 12.4. The van der Waals surface area contributed by atoms with Gasteiger partial charge in [0, 0.05) is 24.0 Å². The van der Waals surface area contributed by atoms with E-state index in [1.165, 1.54) is 16.9 Å². The number of aromatic nitrogens is 4. The summed E-state index contributed by atoms with van der Waals surface area (Å²) in [6.07, 6.45) is 4.98. The minimum atomic E-state index is -0.0555. The summed E-state index contributed by atoms with van der Waals surface area (Å²) in [5.41, 5.74) is 2.99. The second-order valence-corrected chi connectivity index (χ2v) is 9.84. The van der Waals surface area contributed by atoms with E-state index in [2.05, 4.69) is 33.8 Å². The molecule has 1 saturated carbocycles. The van der Waals surface area contributed by atoms with Crippen LogP contribution in [0.25, 0.3) is 0 Å². The van der Waals surface area contributed by atoms with Gasteiger partial charge in [0.15, 0.2) is 10.3 Å². The summed E-state index contributed by atoms with van der Waals surface area (Å²) in [4.78, 5) is 18.8. The lowest BCUT2D eigenvalue weighted by Gasteiger charge is -2.18. The number of hydrogen-bond donors (Lipinski definition) is 0. The molecule has 3 heterocycles. The highest BCUT2D eigenvalue weighted by Crippen LogP contribution is 2.40. The number of aryl methyl sites for hydroxylation is 1. The van der Waals surface area contributed by atoms with Gasteiger partial charge >= 0.3 is 0 Å². The Bertz CT molecular complexity index is 1230. The molecule has 170 valence electrons. The van der Waals surface area contributed by atoms with Gasteiger partial charge in [-0.15, -0.1) is 21.5 Å². The van der Waals surface area contributed by atoms with Crippen molar-refractivity contribution in [2.45, 2.75) is 56.5 Å². The zero-order chi connectivity index (χ0) is 22.8. The minimum Gasteiger partial charge on any atom is -0.467 e. The van der Waals surface area contributed by atoms with Crippen molar-refractivity contribution in [3.63, 3.8) is 0 Å². The Kier molecular flexibility index (Phi) is 6.32. The van der Waals surface area contributed by atoms with E-state index in [1.54, 1.807) is 29.8 Å². The Morgan fingerprint density at radius 3 is 2.73 bits per heavy atom. The molecule has 1 amide bonds. The van der Waals surface area contributed by atoms with Gasteiger partial charge in [0.2, 0.25) is 5.91 Å². The summed E-state index contributed by atoms with van der Waals surface area (Å²) in [6, 6.07) is 11.9. The first-order valence-corrected chi connectivity index (χ1v) is 12.9. The fraction of sp³-hybridized carbons (Fsp3) is 0.333. The van der Waals surface area contributed by atoms with E-state index in [4.69, 9.17) is 9.40 Å². The fourth-order valence-corrected chi connectivity index (χ4v) is 5.50. The Hall–Kier alpha value is -2.91. The zero-order valence-electron chi connectivity index (χ0n) is 18.6. The molecule has 1 aliphatic rings. The molecule has 33 heavy (non-hydrogen) atoms. The van der Waals surface area contributed by atoms with Gasteiger partial charge in [0.25, 0.3) is 0 Å². The Morgan fingerprint density at radius 1 is 1.24 bits per heavy atom. The van der Waals surface area contributed by atoms with E-state index in [-0.39, 0.29) is 5.91 Å². The number of benzene rings is 1. The van der Waals surface area contributed by atoms with E-state index in [0.29, 0.717) is 23.3 Å². The number of nitrogens with zero attached hydrogens (tertiary/aromatic N) is 5. The molecular formula is C24H25N5O2S2. The number of thiazole rings is 1. The van der Waals surface area contributed by atoms with E-state index in [9.17, 15) is 4.79 Å². The molecule has 1 aliphatic carbocycles. The Balaban J connectivity index is 1.32. The van der Waals surface area contributed by atoms with Gasteiger partial charge in [-0.05, 0) is 49.1 Å². The predicted octanol–water partition coefficient (Wildman–Crippen LogP) is 5.79. The van der Waals surface area contributed by atoms with Crippen LogP contribution in [0.4, 0.5) is 10.8 Å². The van der Waals surface area contributed by atoms with Crippen molar-refractivity contribution >= 4 is 39.8 Å². The number of furan rings is 1. The van der Waals surface area contributed by atoms with Gasteiger partial charge in [0.1, 0.15) is 11.6 Å². The first kappa shape index (κ1) is 21.9. The molecule has 7 nitrogen and oxygen atoms in total. The molecular weight excluding hydrogens is 454 g/mol. The van der Waals surface area contributed by atoms with E-state index in [0.717, 1.165) is 47.4 Å². The van der Waals surface area contributed by atoms with Crippen molar-refractivity contribution < 1.29 is 9.21 Å². The Labute approximate surface area is 200 Å². The molecule has 1 aromatic carbocycles. The number of anilines is 2. The molecule has 5 rings (SSSR count). The molecule has 0 saturated heterocycles. The summed E-state index contributed by atoms with van der Waals surface area (Å²) in [5.74, 6) is 3.01. The molecule has 0 bridgehead atoms. The third-order valence-corrected chi connectivity index (χ3v) is 7.45. The van der Waals surface area contributed by atoms with Crippen molar-refractivity contribution in [3.05, 3.63) is 70.9 Å². The summed E-state index contributed by atoms with van der Waals surface area (Å²) in [5, 5.41) is 12.5. The van der Waals surface area contributed by atoms with Crippen molar-refractivity contribution in [3.8, 4) is 0 Å². The van der Waals surface area contributed by atoms with Crippen molar-refractivity contribution in [2.75, 3.05) is 4.90 Å². The lowest BCUT2D eigenvalue weighted by Crippen LogP contribution is -2.22. The van der Waals surface area contributed by atoms with Crippen LogP contribution >= 0.6 is 23.1 Å². The van der Waals surface area contributed by atoms with Crippen LogP contribution in [0, 0.1) is 0 Å². The molecule has 9 heteroatoms. The molecule has 0 aliphatic heterocycles. The second kappa shape index (κ2) is 9.52. The van der Waals surface area contributed by atoms with Gasteiger partial charge in [-0.25, -0.2) is 4.98 Å². The fourth-order valence-electron chi connectivity index (χ4n) is 3.67. The summed E-state index contributed by atoms with van der Waals surface area (Å²) < 4.78 is 7.71. The Morgan fingerprint density at radius 2 is 2.06 bits per heavy atom. The second-order valence-electron chi connectivity index (χ2n) is 8.07. The molecule has 0 N–H and O–H groups in total.